The van der Waals surface area contributed by atoms with Crippen LogP contribution in [0.4, 0.5) is 11.5 Å². The molecule has 0 spiro atoms. The van der Waals surface area contributed by atoms with E-state index in [4.69, 9.17) is 0 Å². The summed E-state index contributed by atoms with van der Waals surface area (Å²) in [7, 11) is 0. The SMILES string of the molecule is O=C(Nc1cc(N2CC(c3ccccc3)CC2=O)ccn1)C1CCCCC1. The normalized spacial score (nSPS) is 20.7. The molecule has 27 heavy (non-hydrogen) atoms. The van der Waals surface area contributed by atoms with Gasteiger partial charge in [0, 0.05) is 42.8 Å². The summed E-state index contributed by atoms with van der Waals surface area (Å²) >= 11 is 0. The number of carbonyl (C=O) groups excluding carboxylic acids is 2. The molecule has 1 unspecified atom stereocenters. The largest absolute Gasteiger partial charge is 0.312 e. The molecular weight excluding hydrogens is 338 g/mol. The number of amides is 2. The lowest BCUT2D eigenvalue weighted by molar-refractivity contribution is -0.120. The van der Waals surface area contributed by atoms with Crippen molar-refractivity contribution in [1.29, 1.82) is 0 Å². The van der Waals surface area contributed by atoms with Gasteiger partial charge in [-0.1, -0.05) is 49.6 Å². The zero-order valence-electron chi connectivity index (χ0n) is 15.4. The lowest BCUT2D eigenvalue weighted by Crippen LogP contribution is -2.26. The average Bonchev–Trinajstić information content (AvgIpc) is 3.11. The molecule has 2 fully saturated rings. The zero-order chi connectivity index (χ0) is 18.6. The Morgan fingerprint density at radius 1 is 1.07 bits per heavy atom. The molecule has 2 heterocycles. The maximum atomic E-state index is 12.6. The number of benzene rings is 1. The van der Waals surface area contributed by atoms with Gasteiger partial charge in [0.2, 0.25) is 11.8 Å². The molecule has 2 amide bonds. The minimum atomic E-state index is 0.0502. The van der Waals surface area contributed by atoms with Crippen LogP contribution in [0.3, 0.4) is 0 Å². The Labute approximate surface area is 159 Å². The fraction of sp³-hybridized carbons (Fsp3) is 0.409. The van der Waals surface area contributed by atoms with Crippen LogP contribution in [-0.2, 0) is 9.59 Å². The topological polar surface area (TPSA) is 62.3 Å². The lowest BCUT2D eigenvalue weighted by atomic mass is 9.89. The summed E-state index contributed by atoms with van der Waals surface area (Å²) in [5.41, 5.74) is 1.99. The Kier molecular flexibility index (Phi) is 5.19. The number of pyridine rings is 1. The Bertz CT molecular complexity index is 815. The number of aromatic nitrogens is 1. The number of nitrogens with zero attached hydrogens (tertiary/aromatic N) is 2. The summed E-state index contributed by atoms with van der Waals surface area (Å²) in [5, 5.41) is 2.95. The van der Waals surface area contributed by atoms with Crippen molar-refractivity contribution in [2.45, 2.75) is 44.4 Å². The minimum Gasteiger partial charge on any atom is -0.312 e. The van der Waals surface area contributed by atoms with Crippen molar-refractivity contribution in [3.63, 3.8) is 0 Å². The highest BCUT2D eigenvalue weighted by atomic mass is 16.2. The van der Waals surface area contributed by atoms with E-state index in [2.05, 4.69) is 22.4 Å². The van der Waals surface area contributed by atoms with Crippen molar-refractivity contribution in [2.24, 2.45) is 5.92 Å². The first-order valence-electron chi connectivity index (χ1n) is 9.83. The van der Waals surface area contributed by atoms with Gasteiger partial charge in [-0.2, -0.15) is 0 Å². The van der Waals surface area contributed by atoms with E-state index in [0.717, 1.165) is 31.4 Å². The summed E-state index contributed by atoms with van der Waals surface area (Å²) in [6.45, 7) is 0.656. The second-order valence-electron chi connectivity index (χ2n) is 7.54. The number of nitrogens with one attached hydrogen (secondary N) is 1. The number of carbonyl (C=O) groups is 2. The van der Waals surface area contributed by atoms with Gasteiger partial charge in [-0.3, -0.25) is 9.59 Å². The number of rotatable bonds is 4. The van der Waals surface area contributed by atoms with Gasteiger partial charge in [0.25, 0.3) is 0 Å². The first kappa shape index (κ1) is 17.7. The highest BCUT2D eigenvalue weighted by molar-refractivity contribution is 5.97. The number of anilines is 2. The van der Waals surface area contributed by atoms with Crippen LogP contribution >= 0.6 is 0 Å². The molecule has 1 saturated heterocycles. The van der Waals surface area contributed by atoms with Crippen LogP contribution < -0.4 is 10.2 Å². The van der Waals surface area contributed by atoms with Crippen LogP contribution in [0.25, 0.3) is 0 Å². The van der Waals surface area contributed by atoms with Crippen LogP contribution in [0.15, 0.2) is 48.7 Å². The van der Waals surface area contributed by atoms with Gasteiger partial charge in [0.05, 0.1) is 0 Å². The predicted molar refractivity (Wildman–Crippen MR) is 106 cm³/mol. The quantitative estimate of drug-likeness (QED) is 0.889. The first-order chi connectivity index (χ1) is 13.2. The molecule has 0 radical (unpaired) electrons. The predicted octanol–water partition coefficient (Wildman–Crippen LogP) is 4.12. The molecule has 2 aromatic rings. The Balaban J connectivity index is 1.46. The maximum absolute atomic E-state index is 12.6. The summed E-state index contributed by atoms with van der Waals surface area (Å²) in [6.07, 6.45) is 7.54. The van der Waals surface area contributed by atoms with Gasteiger partial charge < -0.3 is 10.2 Å². The monoisotopic (exact) mass is 363 g/mol. The molecule has 1 saturated carbocycles. The summed E-state index contributed by atoms with van der Waals surface area (Å²) in [5.74, 6) is 0.972. The molecule has 1 aromatic carbocycles. The van der Waals surface area contributed by atoms with Crippen molar-refractivity contribution in [3.8, 4) is 0 Å². The van der Waals surface area contributed by atoms with E-state index in [0.29, 0.717) is 18.8 Å². The van der Waals surface area contributed by atoms with E-state index < -0.39 is 0 Å². The van der Waals surface area contributed by atoms with Gasteiger partial charge in [-0.05, 0) is 24.5 Å². The summed E-state index contributed by atoms with van der Waals surface area (Å²) in [6, 6.07) is 13.8. The summed E-state index contributed by atoms with van der Waals surface area (Å²) < 4.78 is 0. The Hall–Kier alpha value is -2.69. The third-order valence-corrected chi connectivity index (χ3v) is 5.68. The van der Waals surface area contributed by atoms with E-state index in [1.54, 1.807) is 11.1 Å². The van der Waals surface area contributed by atoms with Crippen molar-refractivity contribution in [1.82, 2.24) is 4.98 Å². The molecule has 1 aromatic heterocycles. The maximum Gasteiger partial charge on any atom is 0.228 e. The van der Waals surface area contributed by atoms with Gasteiger partial charge in [-0.15, -0.1) is 0 Å². The molecular formula is C22H25N3O2. The highest BCUT2D eigenvalue weighted by Crippen LogP contribution is 2.32. The van der Waals surface area contributed by atoms with Crippen LogP contribution in [0.1, 0.15) is 50.0 Å². The van der Waals surface area contributed by atoms with Crippen molar-refractivity contribution in [3.05, 3.63) is 54.2 Å². The second-order valence-corrected chi connectivity index (χ2v) is 7.54. The zero-order valence-corrected chi connectivity index (χ0v) is 15.4. The molecule has 1 aliphatic carbocycles. The lowest BCUT2D eigenvalue weighted by Gasteiger charge is -2.21. The van der Waals surface area contributed by atoms with Crippen LogP contribution in [0, 0.1) is 5.92 Å². The number of hydrogen-bond acceptors (Lipinski definition) is 3. The summed E-state index contributed by atoms with van der Waals surface area (Å²) in [4.78, 5) is 31.1. The molecule has 4 rings (SSSR count). The third-order valence-electron chi connectivity index (χ3n) is 5.68. The van der Waals surface area contributed by atoms with E-state index in [1.807, 2.05) is 30.3 Å². The Morgan fingerprint density at radius 3 is 2.63 bits per heavy atom. The standard InChI is InChI=1S/C22H25N3O2/c26-21-13-18(16-7-3-1-4-8-16)15-25(21)19-11-12-23-20(14-19)24-22(27)17-9-5-2-6-10-17/h1,3-4,7-8,11-12,14,17-18H,2,5-6,9-10,13,15H2,(H,23,24,27). The smallest absolute Gasteiger partial charge is 0.228 e. The fourth-order valence-corrected chi connectivity index (χ4v) is 4.15. The molecule has 0 bridgehead atoms. The van der Waals surface area contributed by atoms with Crippen LogP contribution in [-0.4, -0.2) is 23.3 Å². The van der Waals surface area contributed by atoms with Crippen molar-refractivity contribution < 1.29 is 9.59 Å². The third kappa shape index (κ3) is 4.02. The van der Waals surface area contributed by atoms with E-state index in [-0.39, 0.29) is 23.7 Å². The molecule has 5 nitrogen and oxygen atoms in total. The van der Waals surface area contributed by atoms with Gasteiger partial charge in [-0.25, -0.2) is 4.98 Å². The minimum absolute atomic E-state index is 0.0502. The van der Waals surface area contributed by atoms with E-state index in [9.17, 15) is 9.59 Å². The molecule has 5 heteroatoms. The van der Waals surface area contributed by atoms with Crippen LogP contribution in [0.2, 0.25) is 0 Å². The van der Waals surface area contributed by atoms with Crippen molar-refractivity contribution >= 4 is 23.3 Å². The first-order valence-corrected chi connectivity index (χ1v) is 9.83. The van der Waals surface area contributed by atoms with Gasteiger partial charge in [0.15, 0.2) is 0 Å². The van der Waals surface area contributed by atoms with E-state index >= 15 is 0 Å². The highest BCUT2D eigenvalue weighted by Gasteiger charge is 2.31. The molecule has 2 aliphatic rings. The Morgan fingerprint density at radius 2 is 1.85 bits per heavy atom. The van der Waals surface area contributed by atoms with E-state index in [1.165, 1.54) is 12.0 Å². The molecule has 1 atom stereocenters. The molecule has 1 N–H and O–H groups in total. The van der Waals surface area contributed by atoms with Gasteiger partial charge >= 0.3 is 0 Å². The fourth-order valence-electron chi connectivity index (χ4n) is 4.15. The molecule has 140 valence electrons. The van der Waals surface area contributed by atoms with Gasteiger partial charge in [0.1, 0.15) is 5.82 Å². The average molecular weight is 363 g/mol. The van der Waals surface area contributed by atoms with Crippen molar-refractivity contribution in [2.75, 3.05) is 16.8 Å². The number of hydrogen-bond donors (Lipinski definition) is 1. The second kappa shape index (κ2) is 7.91. The molecule has 1 aliphatic heterocycles. The van der Waals surface area contributed by atoms with Crippen LogP contribution in [0.5, 0.6) is 0 Å².